The Balaban J connectivity index is 2.29. The number of rotatable bonds is 2. The standard InChI is InChI=1S/C9H18FNO/c1-9(2,3)11-4-7(5-11)8(10)6-12/h7-8,12H,4-6H2,1-3H3. The van der Waals surface area contributed by atoms with Crippen LogP contribution >= 0.6 is 0 Å². The van der Waals surface area contributed by atoms with E-state index in [1.807, 2.05) is 0 Å². The van der Waals surface area contributed by atoms with Gasteiger partial charge in [-0.2, -0.15) is 0 Å². The van der Waals surface area contributed by atoms with Crippen LogP contribution < -0.4 is 0 Å². The second kappa shape index (κ2) is 3.30. The molecule has 1 saturated heterocycles. The van der Waals surface area contributed by atoms with Gasteiger partial charge in [0, 0.05) is 24.5 Å². The number of hydrogen-bond acceptors (Lipinski definition) is 2. The molecule has 1 rings (SSSR count). The Morgan fingerprint density at radius 3 is 2.33 bits per heavy atom. The van der Waals surface area contributed by atoms with Crippen LogP contribution in [0.5, 0.6) is 0 Å². The zero-order valence-electron chi connectivity index (χ0n) is 8.05. The van der Waals surface area contributed by atoms with E-state index in [9.17, 15) is 4.39 Å². The largest absolute Gasteiger partial charge is 0.393 e. The average Bonchev–Trinajstić information content (AvgIpc) is 1.80. The smallest absolute Gasteiger partial charge is 0.128 e. The van der Waals surface area contributed by atoms with Crippen molar-refractivity contribution in [2.45, 2.75) is 32.5 Å². The number of halogens is 1. The summed E-state index contributed by atoms with van der Waals surface area (Å²) in [7, 11) is 0. The van der Waals surface area contributed by atoms with Crippen LogP contribution in [0.25, 0.3) is 0 Å². The van der Waals surface area contributed by atoms with Gasteiger partial charge in [0.25, 0.3) is 0 Å². The predicted molar refractivity (Wildman–Crippen MR) is 46.8 cm³/mol. The van der Waals surface area contributed by atoms with Crippen molar-refractivity contribution in [3.05, 3.63) is 0 Å². The van der Waals surface area contributed by atoms with Crippen molar-refractivity contribution in [1.82, 2.24) is 4.90 Å². The molecule has 1 atom stereocenters. The molecule has 1 aliphatic rings. The highest BCUT2D eigenvalue weighted by Gasteiger charge is 2.38. The normalized spacial score (nSPS) is 23.8. The van der Waals surface area contributed by atoms with Crippen molar-refractivity contribution in [2.75, 3.05) is 19.7 Å². The van der Waals surface area contributed by atoms with Gasteiger partial charge in [-0.3, -0.25) is 4.90 Å². The molecule has 0 aromatic carbocycles. The van der Waals surface area contributed by atoms with Gasteiger partial charge >= 0.3 is 0 Å². The first kappa shape index (κ1) is 9.93. The van der Waals surface area contributed by atoms with Crippen LogP contribution in [-0.4, -0.2) is 41.4 Å². The number of aliphatic hydroxyl groups excluding tert-OH is 1. The molecule has 0 aromatic heterocycles. The Labute approximate surface area is 73.4 Å². The van der Waals surface area contributed by atoms with Crippen molar-refractivity contribution >= 4 is 0 Å². The summed E-state index contributed by atoms with van der Waals surface area (Å²) in [5.74, 6) is 0.0502. The molecule has 0 radical (unpaired) electrons. The highest BCUT2D eigenvalue weighted by molar-refractivity contribution is 4.91. The van der Waals surface area contributed by atoms with Crippen molar-refractivity contribution in [3.63, 3.8) is 0 Å². The van der Waals surface area contributed by atoms with Crippen molar-refractivity contribution in [2.24, 2.45) is 5.92 Å². The molecule has 3 heteroatoms. The lowest BCUT2D eigenvalue weighted by molar-refractivity contribution is -0.0355. The van der Waals surface area contributed by atoms with Gasteiger partial charge in [0.15, 0.2) is 0 Å². The molecule has 0 amide bonds. The molecular weight excluding hydrogens is 157 g/mol. The third-order valence-electron chi connectivity index (χ3n) is 2.54. The van der Waals surface area contributed by atoms with Crippen LogP contribution in [0.4, 0.5) is 4.39 Å². The Kier molecular flexibility index (Phi) is 2.74. The monoisotopic (exact) mass is 175 g/mol. The molecule has 0 bridgehead atoms. The Morgan fingerprint density at radius 1 is 1.50 bits per heavy atom. The summed E-state index contributed by atoms with van der Waals surface area (Å²) >= 11 is 0. The van der Waals surface area contributed by atoms with Crippen molar-refractivity contribution in [3.8, 4) is 0 Å². The van der Waals surface area contributed by atoms with Gasteiger partial charge in [-0.1, -0.05) is 0 Å². The van der Waals surface area contributed by atoms with E-state index in [0.717, 1.165) is 13.1 Å². The Bertz CT molecular complexity index is 149. The fourth-order valence-electron chi connectivity index (χ4n) is 1.44. The second-order valence-corrected chi connectivity index (χ2v) is 4.53. The second-order valence-electron chi connectivity index (χ2n) is 4.53. The first-order valence-corrected chi connectivity index (χ1v) is 4.45. The Hall–Kier alpha value is -0.150. The lowest BCUT2D eigenvalue weighted by atomic mass is 9.89. The number of nitrogens with zero attached hydrogens (tertiary/aromatic N) is 1. The van der Waals surface area contributed by atoms with Crippen LogP contribution in [-0.2, 0) is 0 Å². The molecule has 0 aliphatic carbocycles. The number of alkyl halides is 1. The van der Waals surface area contributed by atoms with Gasteiger partial charge in [0.05, 0.1) is 6.61 Å². The SMILES string of the molecule is CC(C)(C)N1CC(C(F)CO)C1. The van der Waals surface area contributed by atoms with Crippen molar-refractivity contribution < 1.29 is 9.50 Å². The zero-order chi connectivity index (χ0) is 9.35. The minimum atomic E-state index is -1.02. The van der Waals surface area contributed by atoms with Gasteiger partial charge in [-0.05, 0) is 20.8 Å². The van der Waals surface area contributed by atoms with Crippen LogP contribution in [0.1, 0.15) is 20.8 Å². The average molecular weight is 175 g/mol. The highest BCUT2D eigenvalue weighted by Crippen LogP contribution is 2.28. The molecule has 1 fully saturated rings. The minimum absolute atomic E-state index is 0.0502. The summed E-state index contributed by atoms with van der Waals surface area (Å²) in [5, 5.41) is 8.57. The highest BCUT2D eigenvalue weighted by atomic mass is 19.1. The van der Waals surface area contributed by atoms with Crippen LogP contribution in [0.15, 0.2) is 0 Å². The zero-order valence-corrected chi connectivity index (χ0v) is 8.05. The summed E-state index contributed by atoms with van der Waals surface area (Å²) < 4.78 is 12.9. The molecule has 0 spiro atoms. The molecular formula is C9H18FNO. The lowest BCUT2D eigenvalue weighted by Crippen LogP contribution is -2.58. The first-order chi connectivity index (χ1) is 5.45. The third kappa shape index (κ3) is 1.96. The van der Waals surface area contributed by atoms with E-state index in [-0.39, 0.29) is 18.1 Å². The summed E-state index contributed by atoms with van der Waals surface area (Å²) in [5.41, 5.74) is 0.145. The maximum absolute atomic E-state index is 12.9. The molecule has 72 valence electrons. The third-order valence-corrected chi connectivity index (χ3v) is 2.54. The summed E-state index contributed by atoms with van der Waals surface area (Å²) in [6.45, 7) is 7.60. The molecule has 1 unspecified atom stereocenters. The van der Waals surface area contributed by atoms with Gasteiger partial charge in [-0.25, -0.2) is 4.39 Å². The van der Waals surface area contributed by atoms with E-state index in [1.54, 1.807) is 0 Å². The number of likely N-dealkylation sites (tertiary alicyclic amines) is 1. The van der Waals surface area contributed by atoms with E-state index in [4.69, 9.17) is 5.11 Å². The Morgan fingerprint density at radius 2 is 2.00 bits per heavy atom. The number of hydrogen-bond donors (Lipinski definition) is 1. The number of aliphatic hydroxyl groups is 1. The fourth-order valence-corrected chi connectivity index (χ4v) is 1.44. The first-order valence-electron chi connectivity index (χ1n) is 4.45. The molecule has 1 aliphatic heterocycles. The fraction of sp³-hybridized carbons (Fsp3) is 1.00. The van der Waals surface area contributed by atoms with E-state index >= 15 is 0 Å². The summed E-state index contributed by atoms with van der Waals surface area (Å²) in [6.07, 6.45) is -1.02. The molecule has 0 aromatic rings. The molecule has 0 saturated carbocycles. The molecule has 12 heavy (non-hydrogen) atoms. The molecule has 2 nitrogen and oxygen atoms in total. The summed E-state index contributed by atoms with van der Waals surface area (Å²) in [4.78, 5) is 2.22. The van der Waals surface area contributed by atoms with Crippen LogP contribution in [0, 0.1) is 5.92 Å². The van der Waals surface area contributed by atoms with E-state index in [1.165, 1.54) is 0 Å². The molecule has 1 N–H and O–H groups in total. The molecule has 1 heterocycles. The lowest BCUT2D eigenvalue weighted by Gasteiger charge is -2.48. The quantitative estimate of drug-likeness (QED) is 0.678. The van der Waals surface area contributed by atoms with E-state index < -0.39 is 6.17 Å². The van der Waals surface area contributed by atoms with Gasteiger partial charge in [0.2, 0.25) is 0 Å². The van der Waals surface area contributed by atoms with Crippen molar-refractivity contribution in [1.29, 1.82) is 0 Å². The van der Waals surface area contributed by atoms with Gasteiger partial charge < -0.3 is 5.11 Å². The minimum Gasteiger partial charge on any atom is -0.393 e. The van der Waals surface area contributed by atoms with Crippen LogP contribution in [0.2, 0.25) is 0 Å². The van der Waals surface area contributed by atoms with E-state index in [0.29, 0.717) is 0 Å². The van der Waals surface area contributed by atoms with E-state index in [2.05, 4.69) is 25.7 Å². The van der Waals surface area contributed by atoms with Gasteiger partial charge in [0.1, 0.15) is 6.17 Å². The maximum Gasteiger partial charge on any atom is 0.128 e. The maximum atomic E-state index is 12.9. The topological polar surface area (TPSA) is 23.5 Å². The van der Waals surface area contributed by atoms with Gasteiger partial charge in [-0.15, -0.1) is 0 Å². The van der Waals surface area contributed by atoms with Crippen LogP contribution in [0.3, 0.4) is 0 Å². The predicted octanol–water partition coefficient (Wildman–Crippen LogP) is 1.05. The summed E-state index contributed by atoms with van der Waals surface area (Å²) in [6, 6.07) is 0.